The average molecular weight is 343 g/mol. The monoisotopic (exact) mass is 342 g/mol. The van der Waals surface area contributed by atoms with E-state index < -0.39 is 0 Å². The molecule has 2 rings (SSSR count). The van der Waals surface area contributed by atoms with Crippen LogP contribution < -0.4 is 4.74 Å². The van der Waals surface area contributed by atoms with Crippen molar-refractivity contribution in [1.29, 1.82) is 0 Å². The molecular weight excluding hydrogens is 335 g/mol. The summed E-state index contributed by atoms with van der Waals surface area (Å²) < 4.78 is 4.96. The van der Waals surface area contributed by atoms with Gasteiger partial charge >= 0.3 is 0 Å². The van der Waals surface area contributed by atoms with Crippen molar-refractivity contribution < 1.29 is 9.53 Å². The summed E-state index contributed by atoms with van der Waals surface area (Å²) in [5.41, 5.74) is 0.567. The zero-order chi connectivity index (χ0) is 14.5. The van der Waals surface area contributed by atoms with Gasteiger partial charge in [-0.05, 0) is 84.1 Å². The molecule has 0 saturated carbocycles. The van der Waals surface area contributed by atoms with Gasteiger partial charge in [-0.15, -0.1) is 0 Å². The van der Waals surface area contributed by atoms with Crippen LogP contribution in [0.2, 0.25) is 5.02 Å². The Kier molecular flexibility index (Phi) is 5.43. The van der Waals surface area contributed by atoms with Crippen molar-refractivity contribution in [2.45, 2.75) is 4.90 Å². The lowest BCUT2D eigenvalue weighted by molar-refractivity contribution is 0.108. The Hall–Kier alpha value is -1.07. The highest BCUT2D eigenvalue weighted by atomic mass is 35.5. The molecule has 0 bridgehead atoms. The van der Waals surface area contributed by atoms with Crippen LogP contribution in [-0.2, 0) is 0 Å². The van der Waals surface area contributed by atoms with E-state index in [1.54, 1.807) is 48.5 Å². The van der Waals surface area contributed by atoms with Gasteiger partial charge in [0.15, 0.2) is 0 Å². The molecule has 20 heavy (non-hydrogen) atoms. The second kappa shape index (κ2) is 7.09. The highest BCUT2D eigenvalue weighted by molar-refractivity contribution is 8.14. The molecule has 0 spiro atoms. The number of ether oxygens (including phenoxy) is 1. The lowest BCUT2D eigenvalue weighted by Gasteiger charge is -2.04. The third-order valence-electron chi connectivity index (χ3n) is 2.31. The Morgan fingerprint density at radius 1 is 1.05 bits per heavy atom. The van der Waals surface area contributed by atoms with E-state index in [1.165, 1.54) is 0 Å². The molecule has 0 unspecified atom stereocenters. The molecule has 0 aromatic heterocycles. The van der Waals surface area contributed by atoms with Crippen LogP contribution in [0.15, 0.2) is 53.4 Å². The molecule has 2 nitrogen and oxygen atoms in total. The Morgan fingerprint density at radius 3 is 2.20 bits per heavy atom. The zero-order valence-corrected chi connectivity index (χ0v) is 13.2. The second-order valence-electron chi connectivity index (χ2n) is 3.71. The van der Waals surface area contributed by atoms with Crippen molar-refractivity contribution in [2.75, 3.05) is 0 Å². The lowest BCUT2D eigenvalue weighted by atomic mass is 10.2. The maximum absolute atomic E-state index is 12.1. The highest BCUT2D eigenvalue weighted by Crippen LogP contribution is 2.25. The minimum absolute atomic E-state index is 0.0627. The van der Waals surface area contributed by atoms with Gasteiger partial charge in [-0.25, -0.2) is 0 Å². The van der Waals surface area contributed by atoms with Gasteiger partial charge in [0.1, 0.15) is 5.75 Å². The first-order valence-electron chi connectivity index (χ1n) is 5.50. The average Bonchev–Trinajstić information content (AvgIpc) is 2.41. The molecule has 0 fully saturated rings. The summed E-state index contributed by atoms with van der Waals surface area (Å²) in [5.74, 6) is 0.498. The van der Waals surface area contributed by atoms with E-state index >= 15 is 0 Å². The van der Waals surface area contributed by atoms with E-state index in [4.69, 9.17) is 27.9 Å². The smallest absolute Gasteiger partial charge is 0.260 e. The molecule has 102 valence electrons. The van der Waals surface area contributed by atoms with Crippen molar-refractivity contribution in [1.82, 2.24) is 0 Å². The summed E-state index contributed by atoms with van der Waals surface area (Å²) in [6, 6.07) is 13.7. The minimum atomic E-state index is -0.0837. The van der Waals surface area contributed by atoms with Gasteiger partial charge < -0.3 is 4.74 Å². The van der Waals surface area contributed by atoms with Crippen molar-refractivity contribution in [2.24, 2.45) is 0 Å². The largest absolute Gasteiger partial charge is 0.436 e. The first-order chi connectivity index (χ1) is 9.54. The summed E-state index contributed by atoms with van der Waals surface area (Å²) in [6.45, 7) is 0. The van der Waals surface area contributed by atoms with Crippen molar-refractivity contribution in [3.63, 3.8) is 0 Å². The number of thiocarbonyl (C=S) groups is 1. The molecule has 0 atom stereocenters. The number of hydrogen-bond donors (Lipinski definition) is 0. The predicted octanol–water partition coefficient (Wildman–Crippen LogP) is 5.18. The summed E-state index contributed by atoms with van der Waals surface area (Å²) in [6.07, 6.45) is 0. The molecule has 2 aromatic rings. The van der Waals surface area contributed by atoms with E-state index in [9.17, 15) is 4.79 Å². The predicted molar refractivity (Wildman–Crippen MR) is 87.2 cm³/mol. The molecule has 0 amide bonds. The van der Waals surface area contributed by atoms with Gasteiger partial charge in [-0.2, -0.15) is 0 Å². The fourth-order valence-corrected chi connectivity index (χ4v) is 2.47. The molecule has 0 radical (unpaired) electrons. The third kappa shape index (κ3) is 4.49. The summed E-state index contributed by atoms with van der Waals surface area (Å²) in [7, 11) is 0. The maximum atomic E-state index is 12.1. The summed E-state index contributed by atoms with van der Waals surface area (Å²) in [4.78, 5) is 12.9. The standard InChI is InChI=1S/C14H8Cl2O2S2/c15-10-3-7-12(8-4-10)20-13(17)9-1-5-11(6-2-9)18-14(16)19/h1-8H. The fraction of sp³-hybridized carbons (Fsp3) is 0. The van der Waals surface area contributed by atoms with Gasteiger partial charge in [0, 0.05) is 15.5 Å². The normalized spacial score (nSPS) is 10.1. The number of rotatable bonds is 3. The van der Waals surface area contributed by atoms with Gasteiger partial charge in [0.25, 0.3) is 4.51 Å². The molecule has 0 heterocycles. The van der Waals surface area contributed by atoms with E-state index in [2.05, 4.69) is 12.2 Å². The Morgan fingerprint density at radius 2 is 1.65 bits per heavy atom. The fourth-order valence-electron chi connectivity index (χ4n) is 1.42. The van der Waals surface area contributed by atoms with Gasteiger partial charge in [-0.1, -0.05) is 11.6 Å². The number of thioether (sulfide) groups is 1. The van der Waals surface area contributed by atoms with Crippen LogP contribution in [0.1, 0.15) is 10.4 Å². The van der Waals surface area contributed by atoms with E-state index in [0.717, 1.165) is 16.7 Å². The van der Waals surface area contributed by atoms with Crippen LogP contribution in [0, 0.1) is 0 Å². The number of carbonyl (C=O) groups excluding carboxylic acids is 1. The van der Waals surface area contributed by atoms with Crippen LogP contribution in [-0.4, -0.2) is 9.63 Å². The van der Waals surface area contributed by atoms with Gasteiger partial charge in [0.05, 0.1) is 0 Å². The third-order valence-corrected chi connectivity index (χ3v) is 3.65. The number of halogens is 2. The quantitative estimate of drug-likeness (QED) is 0.436. The molecular formula is C14H8Cl2O2S2. The molecule has 0 aliphatic heterocycles. The van der Waals surface area contributed by atoms with Gasteiger partial charge in [0.2, 0.25) is 5.12 Å². The number of hydrogen-bond acceptors (Lipinski definition) is 4. The molecule has 0 N–H and O–H groups in total. The van der Waals surface area contributed by atoms with Crippen molar-refractivity contribution >= 4 is 56.8 Å². The van der Waals surface area contributed by atoms with Crippen LogP contribution >= 0.6 is 47.2 Å². The first kappa shape index (κ1) is 15.3. The van der Waals surface area contributed by atoms with E-state index in [-0.39, 0.29) is 9.63 Å². The van der Waals surface area contributed by atoms with Crippen LogP contribution in [0.5, 0.6) is 5.75 Å². The Labute approximate surface area is 136 Å². The lowest BCUT2D eigenvalue weighted by Crippen LogP contribution is -1.97. The summed E-state index contributed by atoms with van der Waals surface area (Å²) in [5, 5.41) is 0.577. The topological polar surface area (TPSA) is 26.3 Å². The highest BCUT2D eigenvalue weighted by Gasteiger charge is 2.08. The first-order valence-corrected chi connectivity index (χ1v) is 7.48. The van der Waals surface area contributed by atoms with Gasteiger partial charge in [-0.3, -0.25) is 4.79 Å². The SMILES string of the molecule is O=C(Sc1ccc(Cl)cc1)c1ccc(OC(=S)Cl)cc1. The number of carbonyl (C=O) groups is 1. The maximum Gasteiger partial charge on any atom is 0.260 e. The van der Waals surface area contributed by atoms with E-state index in [0.29, 0.717) is 16.3 Å². The molecule has 2 aromatic carbocycles. The molecule has 0 aliphatic rings. The number of benzene rings is 2. The van der Waals surface area contributed by atoms with Crippen LogP contribution in [0.25, 0.3) is 0 Å². The zero-order valence-electron chi connectivity index (χ0n) is 10.0. The summed E-state index contributed by atoms with van der Waals surface area (Å²) >= 11 is 17.0. The van der Waals surface area contributed by atoms with Crippen LogP contribution in [0.4, 0.5) is 0 Å². The van der Waals surface area contributed by atoms with Crippen molar-refractivity contribution in [3.8, 4) is 5.75 Å². The van der Waals surface area contributed by atoms with Crippen LogP contribution in [0.3, 0.4) is 0 Å². The van der Waals surface area contributed by atoms with Crippen molar-refractivity contribution in [3.05, 3.63) is 59.1 Å². The molecule has 0 saturated heterocycles. The second-order valence-corrected chi connectivity index (χ2v) is 6.13. The minimum Gasteiger partial charge on any atom is -0.436 e. The Balaban J connectivity index is 2.05. The molecule has 6 heteroatoms. The Bertz CT molecular complexity index is 625. The molecule has 0 aliphatic carbocycles. The van der Waals surface area contributed by atoms with E-state index in [1.807, 2.05) is 0 Å².